The third-order valence-corrected chi connectivity index (χ3v) is 16.0. The van der Waals surface area contributed by atoms with Gasteiger partial charge in [-0.3, -0.25) is 94.4 Å². The molecule has 0 aromatic carbocycles. The first kappa shape index (κ1) is 155. The molecular weight excluding hydrogens is 2030 g/mol. The summed E-state index contributed by atoms with van der Waals surface area (Å²) in [6.07, 6.45) is 1.60. The van der Waals surface area contributed by atoms with Gasteiger partial charge in [0.25, 0.3) is 60.7 Å². The zero-order valence-corrected chi connectivity index (χ0v) is 80.4. The van der Waals surface area contributed by atoms with Gasteiger partial charge in [0, 0.05) is 90.8 Å². The summed E-state index contributed by atoms with van der Waals surface area (Å²) in [6, 6.07) is -7.36. The molecule has 0 bridgehead atoms. The van der Waals surface area contributed by atoms with Gasteiger partial charge in [-0.05, 0) is 65.3 Å². The van der Waals surface area contributed by atoms with Crippen LogP contribution in [0.1, 0.15) is 144 Å². The number of Topliss-reactive ketones (excluding diaryl/α,β-unsaturated/α-hetero) is 2. The largest absolute Gasteiger partial charge is 0.481 e. The number of rotatable bonds is 45. The summed E-state index contributed by atoms with van der Waals surface area (Å²) in [6.45, 7) is 10.9. The SMILES string of the molecule is CC(C)N.CC(N)CC(=O)NCS(=O)(=O)O.CC(N)CCS(=O)(=O)O.CCCCC(=O)C(N)CCC(=O)O.CCNC(=O)CC(N)C(=O)O.CNC(=O)C(N)CS(=O)(=O)O.CNC(=O)CCC(N)C(=O)O.NC(CC(=O)O)C(=O)NCCS(=O)(=O)O.NC(CCC(=O)NCCS(=O)(=O)O)C(=O)O.NC(CCC(=O)O)C(=O)CCS(=O)(=O)O.O=S(=O)=O.O=S(=O)=O.O=S(=O)=O.O=S(=O)=O. The van der Waals surface area contributed by atoms with E-state index in [1.165, 1.54) is 14.1 Å². The Morgan fingerprint density at radius 1 is 0.308 bits per heavy atom. The Morgan fingerprint density at radius 2 is 0.632 bits per heavy atom. The van der Waals surface area contributed by atoms with Crippen molar-refractivity contribution >= 4 is 186 Å². The molecule has 0 fully saturated rings. The zero-order chi connectivity index (χ0) is 109. The van der Waals surface area contributed by atoms with Crippen LogP contribution in [0.2, 0.25) is 0 Å². The lowest BCUT2D eigenvalue weighted by Gasteiger charge is -2.08. The fraction of sp³-hybridized carbons (Fsp3) is 0.754. The van der Waals surface area contributed by atoms with Gasteiger partial charge in [0.05, 0.1) is 59.7 Å². The maximum atomic E-state index is 11.2. The van der Waals surface area contributed by atoms with Crippen LogP contribution in [-0.2, 0) is 170 Å². The highest BCUT2D eigenvalue weighted by molar-refractivity contribution is 7.87. The Labute approximate surface area is 770 Å². The van der Waals surface area contributed by atoms with Gasteiger partial charge in [-0.15, -0.1) is 50.5 Å². The van der Waals surface area contributed by atoms with Crippen LogP contribution in [0.3, 0.4) is 0 Å². The van der Waals surface area contributed by atoms with Crippen molar-refractivity contribution in [3.05, 3.63) is 0 Å². The maximum Gasteiger partial charge on any atom is 0.425 e. The molecular formula is C57H122N16O50S10. The quantitative estimate of drug-likeness (QED) is 0.0252. The molecule has 133 heavy (non-hydrogen) atoms. The van der Waals surface area contributed by atoms with Gasteiger partial charge in [0.15, 0.2) is 5.78 Å². The molecule has 0 aliphatic carbocycles. The lowest BCUT2D eigenvalue weighted by Crippen LogP contribution is -2.43. The van der Waals surface area contributed by atoms with E-state index < -0.39 is 252 Å². The second-order valence-corrected chi connectivity index (χ2v) is 35.8. The Bertz CT molecular complexity index is 4540. The Morgan fingerprint density at radius 3 is 0.895 bits per heavy atom. The molecule has 66 nitrogen and oxygen atoms in total. The van der Waals surface area contributed by atoms with Crippen LogP contribution in [0, 0.1) is 0 Å². The molecule has 0 aromatic heterocycles. The van der Waals surface area contributed by atoms with Gasteiger partial charge in [-0.25, -0.2) is 0 Å². The molecule has 0 aliphatic heterocycles. The van der Waals surface area contributed by atoms with Gasteiger partial charge in [-0.1, -0.05) is 27.2 Å². The van der Waals surface area contributed by atoms with Crippen molar-refractivity contribution in [2.75, 3.05) is 68.4 Å². The van der Waals surface area contributed by atoms with Gasteiger partial charge in [0.2, 0.25) is 35.4 Å². The number of nitrogens with one attached hydrogen (secondary N) is 6. The van der Waals surface area contributed by atoms with Crippen molar-refractivity contribution in [3.63, 3.8) is 0 Å². The average Bonchev–Trinajstić information content (AvgIpc) is 0.924. The Hall–Kier alpha value is -9.48. The van der Waals surface area contributed by atoms with E-state index in [9.17, 15) is 118 Å². The second-order valence-electron chi connectivity index (χ2n) is 24.9. The molecule has 76 heteroatoms. The molecule has 9 unspecified atom stereocenters. The van der Waals surface area contributed by atoms with E-state index in [2.05, 4.69) is 26.6 Å². The van der Waals surface area contributed by atoms with Gasteiger partial charge >= 0.3 is 78.3 Å². The number of carboxylic acid groups (broad SMARTS) is 6. The van der Waals surface area contributed by atoms with Crippen molar-refractivity contribution in [1.82, 2.24) is 31.9 Å². The first-order valence-corrected chi connectivity index (χ1v) is 49.5. The third kappa shape index (κ3) is 183. The predicted molar refractivity (Wildman–Crippen MR) is 456 cm³/mol. The van der Waals surface area contributed by atoms with E-state index in [0.29, 0.717) is 25.4 Å². The number of unbranched alkanes of at least 4 members (excludes halogenated alkanes) is 1. The molecule has 790 valence electrons. The van der Waals surface area contributed by atoms with Gasteiger partial charge < -0.3 is 120 Å². The average molecular weight is 2150 g/mol. The van der Waals surface area contributed by atoms with Crippen molar-refractivity contribution in [3.8, 4) is 0 Å². The van der Waals surface area contributed by atoms with Crippen LogP contribution < -0.4 is 89.2 Å². The number of nitrogens with two attached hydrogens (primary N) is 10. The highest BCUT2D eigenvalue weighted by Crippen LogP contribution is 2.04. The molecule has 0 rings (SSSR count). The van der Waals surface area contributed by atoms with E-state index in [-0.39, 0.29) is 113 Å². The van der Waals surface area contributed by atoms with E-state index in [1.54, 1.807) is 20.8 Å². The molecule has 6 amide bonds. The number of likely N-dealkylation sites (N-methyl/N-ethyl adjacent to an activating group) is 1. The molecule has 9 atom stereocenters. The molecule has 0 aromatic rings. The van der Waals surface area contributed by atoms with E-state index in [1.807, 2.05) is 26.1 Å². The van der Waals surface area contributed by atoms with Crippen molar-refractivity contribution < 1.29 is 226 Å². The number of ketones is 2. The number of amides is 6. The molecule has 0 aliphatic rings. The number of hydrogen-bond acceptors (Lipinski definition) is 48. The number of carbonyl (C=O) groups excluding carboxylic acids is 8. The first-order valence-electron chi connectivity index (χ1n) is 35.9. The van der Waals surface area contributed by atoms with E-state index in [0.717, 1.165) is 12.8 Å². The maximum absolute atomic E-state index is 11.2. The molecule has 0 saturated heterocycles. The fourth-order valence-corrected chi connectivity index (χ4v) is 8.61. The second kappa shape index (κ2) is 90.3. The monoisotopic (exact) mass is 2150 g/mol. The highest BCUT2D eigenvalue weighted by Gasteiger charge is 2.22. The summed E-state index contributed by atoms with van der Waals surface area (Å²) in [5.74, 6) is -13.9. The highest BCUT2D eigenvalue weighted by atomic mass is 32.2. The summed E-state index contributed by atoms with van der Waals surface area (Å²) < 4.78 is 273. The standard InChI is InChI=1S/C9H17NO3.C7H14N2O6S.C7H13NO6S.C6H12N2O6S.2C6H12N2O3.C5H12N2O4S.C4H10N2O4S.C4H11NO3S.C3H9N.4O3S/c1-2-3-4-8(11)7(10)5-6-9(12)13;8-5(7(11)12)1-2-6(10)9-3-4-16(13,14)15;8-5(1-2-7(10)11)6(9)3-4-15(12,13)14;7-4(3-5(9)10)6(11)8-1-2-15(12,13)14;1-8-5(9)3-2-4(7)6(10)11;1-2-8-5(9)3-4(7)6(10)11;1-4(6)2-5(8)7-3-12(9,10)11;1-6-4(7)3(5)2-11(8,9)10;1-4(5)2-3-9(6,7)8;1-3(2)4;4*1-4(2)3/h7H,2-6,10H2,1H3,(H,12,13);5H,1-4,8H2,(H,9,10)(H,11,12)(H,13,14,15);5H,1-4,8H2,(H,10,11)(H,12,13,14);4H,1-3,7H2,(H,8,11)(H,9,10)(H,12,13,14);2*4H,2-3,7H2,1H3,(H,8,9)(H,10,11);4H,2-3,6H2,1H3,(H,7,8)(H,9,10,11);3H,2,5H2,1H3,(H,6,7)(H,8,9,10);4H,2-3,5H2,1H3,(H,6,7,8);3H,4H2,1-2H3;;;;. The molecule has 0 radical (unpaired) electrons. The smallest absolute Gasteiger partial charge is 0.425 e. The van der Waals surface area contributed by atoms with E-state index >= 15 is 0 Å². The zero-order valence-electron chi connectivity index (χ0n) is 72.2. The number of hydrogen-bond donors (Lipinski definition) is 28. The summed E-state index contributed by atoms with van der Waals surface area (Å²) >= 11 is 0. The van der Waals surface area contributed by atoms with Crippen molar-refractivity contribution in [2.45, 2.75) is 205 Å². The summed E-state index contributed by atoms with van der Waals surface area (Å²) in [4.78, 5) is 148. The predicted octanol–water partition coefficient (Wildman–Crippen LogP) is -13.6. The third-order valence-electron chi connectivity index (χ3n) is 11.8. The van der Waals surface area contributed by atoms with Gasteiger partial charge in [-0.2, -0.15) is 50.5 Å². The number of carbonyl (C=O) groups is 14. The summed E-state index contributed by atoms with van der Waals surface area (Å²) in [5, 5.41) is 63.2. The molecule has 38 N–H and O–H groups in total. The first-order chi connectivity index (χ1) is 59.6. The van der Waals surface area contributed by atoms with Crippen molar-refractivity contribution in [1.29, 1.82) is 0 Å². The molecule has 0 heterocycles. The lowest BCUT2D eigenvalue weighted by molar-refractivity contribution is -0.140. The Kier molecular flexibility index (Phi) is 105. The van der Waals surface area contributed by atoms with Crippen LogP contribution in [-0.4, -0.2) is 371 Å². The molecule has 0 spiro atoms. The summed E-state index contributed by atoms with van der Waals surface area (Å²) in [5.41, 5.74) is 52.0. The van der Waals surface area contributed by atoms with Crippen molar-refractivity contribution in [2.24, 2.45) is 57.3 Å². The van der Waals surface area contributed by atoms with Crippen LogP contribution in [0.15, 0.2) is 0 Å². The van der Waals surface area contributed by atoms with Crippen LogP contribution in [0.4, 0.5) is 0 Å². The minimum Gasteiger partial charge on any atom is -0.481 e. The topological polar surface area (TPSA) is 1220 Å². The minimum atomic E-state index is -4.18. The number of carboxylic acids is 6. The van der Waals surface area contributed by atoms with Crippen LogP contribution >= 0.6 is 0 Å². The van der Waals surface area contributed by atoms with E-state index in [4.69, 9.17) is 166 Å². The van der Waals surface area contributed by atoms with Gasteiger partial charge in [0.1, 0.15) is 35.8 Å². The van der Waals surface area contributed by atoms with Crippen LogP contribution in [0.25, 0.3) is 0 Å². The Balaban J connectivity index is -0.0000000975. The molecule has 0 saturated carbocycles. The fourth-order valence-electron chi connectivity index (χ4n) is 5.81. The lowest BCUT2D eigenvalue weighted by atomic mass is 10.0. The normalized spacial score (nSPS) is 12.3. The summed E-state index contributed by atoms with van der Waals surface area (Å²) in [7, 11) is -34.1. The number of aliphatic carboxylic acids is 6. The minimum absolute atomic E-state index is 0.0249. The van der Waals surface area contributed by atoms with Crippen LogP contribution in [0.5, 0.6) is 0 Å².